The quantitative estimate of drug-likeness (QED) is 0.462. The molecule has 1 heterocycles. The fraction of sp³-hybridized carbons (Fsp3) is 0.647. The molecule has 1 atom stereocenters. The first-order valence-electron chi connectivity index (χ1n) is 7.60. The highest BCUT2D eigenvalue weighted by Gasteiger charge is 2.40. The number of hydrogen-bond donors (Lipinski definition) is 0. The molecule has 0 bridgehead atoms. The van der Waals surface area contributed by atoms with Crippen LogP contribution < -0.4 is 0 Å². The van der Waals surface area contributed by atoms with Crippen molar-refractivity contribution >= 4 is 0 Å². The summed E-state index contributed by atoms with van der Waals surface area (Å²) in [5.74, 6) is -0.227. The normalized spacial score (nSPS) is 21.5. The molecule has 0 saturated carbocycles. The molecule has 1 saturated heterocycles. The van der Waals surface area contributed by atoms with Crippen LogP contribution >= 0.6 is 0 Å². The van der Waals surface area contributed by atoms with Gasteiger partial charge in [0.2, 0.25) is 0 Å². The summed E-state index contributed by atoms with van der Waals surface area (Å²) in [6.07, 6.45) is 9.00. The largest absolute Gasteiger partial charge is 0.348 e. The number of rotatable bonds is 10. The standard InChI is InChI=1S/C17H26O2/c1-17(15-19-17)18-14-10-5-3-2-4-7-11-16-12-8-6-9-13-16/h6,8-9,12-13H,2-5,7,10-11,14-15H2,1H3. The predicted octanol–water partition coefficient (Wildman–Crippen LogP) is 4.33. The maximum Gasteiger partial charge on any atom is 0.189 e. The Balaban J connectivity index is 1.36. The monoisotopic (exact) mass is 262 g/mol. The van der Waals surface area contributed by atoms with E-state index in [1.54, 1.807) is 0 Å². The van der Waals surface area contributed by atoms with Crippen LogP contribution in [-0.4, -0.2) is 19.0 Å². The Morgan fingerprint density at radius 2 is 1.63 bits per heavy atom. The van der Waals surface area contributed by atoms with Gasteiger partial charge in [-0.25, -0.2) is 0 Å². The summed E-state index contributed by atoms with van der Waals surface area (Å²) >= 11 is 0. The van der Waals surface area contributed by atoms with Gasteiger partial charge in [-0.15, -0.1) is 0 Å². The van der Waals surface area contributed by atoms with Gasteiger partial charge in [-0.1, -0.05) is 56.0 Å². The number of epoxide rings is 1. The third-order valence-corrected chi connectivity index (χ3v) is 3.66. The lowest BCUT2D eigenvalue weighted by molar-refractivity contribution is -0.0309. The molecular formula is C17H26O2. The molecule has 1 aromatic rings. The SMILES string of the molecule is CC1(OCCCCCCCCc2ccccc2)CO1. The van der Waals surface area contributed by atoms with E-state index in [-0.39, 0.29) is 5.79 Å². The van der Waals surface area contributed by atoms with Crippen LogP contribution in [0.15, 0.2) is 30.3 Å². The van der Waals surface area contributed by atoms with E-state index < -0.39 is 0 Å². The summed E-state index contributed by atoms with van der Waals surface area (Å²) < 4.78 is 10.8. The van der Waals surface area contributed by atoms with E-state index in [4.69, 9.17) is 9.47 Å². The molecule has 0 N–H and O–H groups in total. The van der Waals surface area contributed by atoms with Gasteiger partial charge in [0.15, 0.2) is 5.79 Å². The van der Waals surface area contributed by atoms with E-state index in [1.165, 1.54) is 44.1 Å². The predicted molar refractivity (Wildman–Crippen MR) is 78.2 cm³/mol. The van der Waals surface area contributed by atoms with E-state index >= 15 is 0 Å². The van der Waals surface area contributed by atoms with E-state index in [2.05, 4.69) is 30.3 Å². The van der Waals surface area contributed by atoms with Crippen LogP contribution in [0.2, 0.25) is 0 Å². The molecule has 2 rings (SSSR count). The van der Waals surface area contributed by atoms with Crippen LogP contribution in [0.1, 0.15) is 51.0 Å². The topological polar surface area (TPSA) is 21.8 Å². The Labute approximate surface area is 117 Å². The lowest BCUT2D eigenvalue weighted by Crippen LogP contribution is -2.11. The van der Waals surface area contributed by atoms with Gasteiger partial charge in [-0.2, -0.15) is 0 Å². The molecule has 1 aliphatic rings. The van der Waals surface area contributed by atoms with E-state index in [9.17, 15) is 0 Å². The van der Waals surface area contributed by atoms with Gasteiger partial charge >= 0.3 is 0 Å². The maximum atomic E-state index is 5.60. The van der Waals surface area contributed by atoms with Crippen molar-refractivity contribution in [1.29, 1.82) is 0 Å². The fourth-order valence-electron chi connectivity index (χ4n) is 2.26. The molecule has 19 heavy (non-hydrogen) atoms. The number of hydrogen-bond acceptors (Lipinski definition) is 2. The van der Waals surface area contributed by atoms with E-state index in [0.717, 1.165) is 19.6 Å². The first-order chi connectivity index (χ1) is 9.29. The van der Waals surface area contributed by atoms with Gasteiger partial charge < -0.3 is 9.47 Å². The Kier molecular flexibility index (Phi) is 5.87. The molecule has 1 fully saturated rings. The van der Waals surface area contributed by atoms with Gasteiger partial charge in [0, 0.05) is 0 Å². The van der Waals surface area contributed by atoms with Gasteiger partial charge in [-0.05, 0) is 31.7 Å². The molecule has 1 aromatic carbocycles. The summed E-state index contributed by atoms with van der Waals surface area (Å²) in [5.41, 5.74) is 1.47. The van der Waals surface area contributed by atoms with Crippen LogP contribution in [0.5, 0.6) is 0 Å². The Morgan fingerprint density at radius 3 is 2.32 bits per heavy atom. The molecule has 1 unspecified atom stereocenters. The minimum Gasteiger partial charge on any atom is -0.348 e. The number of benzene rings is 1. The minimum atomic E-state index is -0.227. The number of ether oxygens (including phenoxy) is 2. The highest BCUT2D eigenvalue weighted by atomic mass is 16.8. The zero-order valence-corrected chi connectivity index (χ0v) is 12.1. The Hall–Kier alpha value is -0.860. The third-order valence-electron chi connectivity index (χ3n) is 3.66. The van der Waals surface area contributed by atoms with Crippen molar-refractivity contribution in [1.82, 2.24) is 0 Å². The average Bonchev–Trinajstić information content (AvgIpc) is 3.16. The highest BCUT2D eigenvalue weighted by Crippen LogP contribution is 2.27. The lowest BCUT2D eigenvalue weighted by atomic mass is 10.1. The van der Waals surface area contributed by atoms with Gasteiger partial charge in [0.05, 0.1) is 6.61 Å². The van der Waals surface area contributed by atoms with E-state index in [1.807, 2.05) is 6.92 Å². The van der Waals surface area contributed by atoms with E-state index in [0.29, 0.717) is 0 Å². The van der Waals surface area contributed by atoms with Crippen molar-refractivity contribution in [2.75, 3.05) is 13.2 Å². The van der Waals surface area contributed by atoms with Gasteiger partial charge in [0.1, 0.15) is 6.61 Å². The fourth-order valence-corrected chi connectivity index (χ4v) is 2.26. The van der Waals surface area contributed by atoms with Crippen LogP contribution in [0, 0.1) is 0 Å². The van der Waals surface area contributed by atoms with Crippen LogP contribution in [-0.2, 0) is 15.9 Å². The van der Waals surface area contributed by atoms with Gasteiger partial charge in [0.25, 0.3) is 0 Å². The molecule has 0 amide bonds. The average molecular weight is 262 g/mol. The number of unbranched alkanes of at least 4 members (excludes halogenated alkanes) is 5. The molecular weight excluding hydrogens is 236 g/mol. The van der Waals surface area contributed by atoms with Crippen LogP contribution in [0.3, 0.4) is 0 Å². The molecule has 2 heteroatoms. The van der Waals surface area contributed by atoms with Crippen LogP contribution in [0.25, 0.3) is 0 Å². The van der Waals surface area contributed by atoms with Crippen molar-refractivity contribution in [3.05, 3.63) is 35.9 Å². The summed E-state index contributed by atoms with van der Waals surface area (Å²) in [7, 11) is 0. The zero-order valence-electron chi connectivity index (χ0n) is 12.1. The molecule has 106 valence electrons. The van der Waals surface area contributed by atoms with Crippen LogP contribution in [0.4, 0.5) is 0 Å². The van der Waals surface area contributed by atoms with Crippen molar-refractivity contribution < 1.29 is 9.47 Å². The molecule has 1 aliphatic heterocycles. The molecule has 0 spiro atoms. The Bertz CT molecular complexity index is 344. The molecule has 0 aliphatic carbocycles. The minimum absolute atomic E-state index is 0.227. The second-order valence-electron chi connectivity index (χ2n) is 5.63. The Morgan fingerprint density at radius 1 is 1.00 bits per heavy atom. The first kappa shape index (κ1) is 14.5. The van der Waals surface area contributed by atoms with Crippen molar-refractivity contribution in [2.45, 2.75) is 57.7 Å². The van der Waals surface area contributed by atoms with Crippen molar-refractivity contribution in [3.8, 4) is 0 Å². The summed E-state index contributed by atoms with van der Waals surface area (Å²) in [4.78, 5) is 0. The third kappa shape index (κ3) is 6.22. The van der Waals surface area contributed by atoms with Gasteiger partial charge in [-0.3, -0.25) is 0 Å². The summed E-state index contributed by atoms with van der Waals surface area (Å²) in [5, 5.41) is 0. The highest BCUT2D eigenvalue weighted by molar-refractivity contribution is 5.14. The second-order valence-corrected chi connectivity index (χ2v) is 5.63. The first-order valence-corrected chi connectivity index (χ1v) is 7.60. The molecule has 0 aromatic heterocycles. The maximum absolute atomic E-state index is 5.60. The second kappa shape index (κ2) is 7.66. The lowest BCUT2D eigenvalue weighted by Gasteiger charge is -2.07. The summed E-state index contributed by atoms with van der Waals surface area (Å²) in [6.45, 7) is 3.63. The van der Waals surface area contributed by atoms with Crippen molar-refractivity contribution in [2.24, 2.45) is 0 Å². The zero-order chi connectivity index (χ0) is 13.4. The van der Waals surface area contributed by atoms with Crippen molar-refractivity contribution in [3.63, 3.8) is 0 Å². The molecule has 0 radical (unpaired) electrons. The summed E-state index contributed by atoms with van der Waals surface area (Å²) in [6, 6.07) is 10.8. The molecule has 2 nitrogen and oxygen atoms in total. The smallest absolute Gasteiger partial charge is 0.189 e. The number of aryl methyl sites for hydroxylation is 1.